The molecule has 0 fully saturated rings. The van der Waals surface area contributed by atoms with Crippen LogP contribution in [0, 0.1) is 13.8 Å². The summed E-state index contributed by atoms with van der Waals surface area (Å²) in [5.41, 5.74) is 4.47. The van der Waals surface area contributed by atoms with Gasteiger partial charge in [-0.05, 0) is 65.9 Å². The molecule has 2 rings (SSSR count). The highest BCUT2D eigenvalue weighted by Crippen LogP contribution is 2.29. The van der Waals surface area contributed by atoms with Crippen molar-refractivity contribution in [1.29, 1.82) is 0 Å². The van der Waals surface area contributed by atoms with Crippen molar-refractivity contribution < 1.29 is 15.0 Å². The summed E-state index contributed by atoms with van der Waals surface area (Å²) in [6, 6.07) is 11.5. The van der Waals surface area contributed by atoms with E-state index in [0.717, 1.165) is 33.9 Å². The average molecular weight is 268 g/mol. The standard InChI is InChI=1S/C17H16O3/c1-11-8-15(9-12(2)17(11)20)14-5-3-4-13(10-14)6-7-16(18)19/h3-10,20H,1-2H3,(H,18,19). The van der Waals surface area contributed by atoms with E-state index in [0.29, 0.717) is 5.75 Å². The molecule has 2 aromatic carbocycles. The summed E-state index contributed by atoms with van der Waals surface area (Å²) in [5.74, 6) is -0.651. The minimum absolute atomic E-state index is 0.315. The molecule has 0 bridgehead atoms. The number of benzene rings is 2. The fourth-order valence-electron chi connectivity index (χ4n) is 2.11. The molecule has 0 atom stereocenters. The van der Waals surface area contributed by atoms with Crippen molar-refractivity contribution in [3.05, 3.63) is 59.2 Å². The number of carboxylic acids is 1. The predicted octanol–water partition coefficient (Wildman–Crippen LogP) is 3.77. The quantitative estimate of drug-likeness (QED) is 0.833. The van der Waals surface area contributed by atoms with Crippen LogP contribution in [-0.2, 0) is 4.79 Å². The molecule has 0 aromatic heterocycles. The first kappa shape index (κ1) is 13.9. The van der Waals surface area contributed by atoms with Gasteiger partial charge < -0.3 is 10.2 Å². The van der Waals surface area contributed by atoms with Crippen LogP contribution < -0.4 is 0 Å². The fraction of sp³-hybridized carbons (Fsp3) is 0.118. The lowest BCUT2D eigenvalue weighted by Crippen LogP contribution is -1.87. The lowest BCUT2D eigenvalue weighted by molar-refractivity contribution is -0.131. The Morgan fingerprint density at radius 2 is 1.70 bits per heavy atom. The first-order valence-corrected chi connectivity index (χ1v) is 6.29. The minimum Gasteiger partial charge on any atom is -0.507 e. The molecular formula is C17H16O3. The Bertz CT molecular complexity index is 661. The summed E-state index contributed by atoms with van der Waals surface area (Å²) in [7, 11) is 0. The molecule has 0 amide bonds. The zero-order valence-electron chi connectivity index (χ0n) is 11.4. The maximum atomic E-state index is 10.5. The molecule has 0 spiro atoms. The van der Waals surface area contributed by atoms with E-state index in [9.17, 15) is 9.90 Å². The van der Waals surface area contributed by atoms with Crippen molar-refractivity contribution in [2.75, 3.05) is 0 Å². The van der Waals surface area contributed by atoms with Crippen LogP contribution in [0.25, 0.3) is 17.2 Å². The van der Waals surface area contributed by atoms with Crippen molar-refractivity contribution in [3.8, 4) is 16.9 Å². The Hall–Kier alpha value is -2.55. The third-order valence-electron chi connectivity index (χ3n) is 3.13. The molecule has 0 radical (unpaired) electrons. The zero-order chi connectivity index (χ0) is 14.7. The number of aromatic hydroxyl groups is 1. The fourth-order valence-corrected chi connectivity index (χ4v) is 2.11. The van der Waals surface area contributed by atoms with Gasteiger partial charge in [-0.25, -0.2) is 4.79 Å². The van der Waals surface area contributed by atoms with E-state index in [1.165, 1.54) is 0 Å². The maximum absolute atomic E-state index is 10.5. The highest BCUT2D eigenvalue weighted by atomic mass is 16.4. The SMILES string of the molecule is Cc1cc(-c2cccc(C=CC(=O)O)c2)cc(C)c1O. The van der Waals surface area contributed by atoms with Crippen molar-refractivity contribution >= 4 is 12.0 Å². The third kappa shape index (κ3) is 3.06. The zero-order valence-corrected chi connectivity index (χ0v) is 11.4. The van der Waals surface area contributed by atoms with E-state index in [1.54, 1.807) is 6.08 Å². The van der Waals surface area contributed by atoms with Crippen LogP contribution in [0.2, 0.25) is 0 Å². The van der Waals surface area contributed by atoms with Gasteiger partial charge in [0, 0.05) is 6.08 Å². The summed E-state index contributed by atoms with van der Waals surface area (Å²) >= 11 is 0. The van der Waals surface area contributed by atoms with Crippen LogP contribution in [0.15, 0.2) is 42.5 Å². The van der Waals surface area contributed by atoms with Crippen LogP contribution in [0.1, 0.15) is 16.7 Å². The van der Waals surface area contributed by atoms with Crippen LogP contribution in [-0.4, -0.2) is 16.2 Å². The molecule has 3 nitrogen and oxygen atoms in total. The number of phenols is 1. The first-order chi connectivity index (χ1) is 9.47. The van der Waals surface area contributed by atoms with Crippen LogP contribution in [0.5, 0.6) is 5.75 Å². The number of hydrogen-bond acceptors (Lipinski definition) is 2. The van der Waals surface area contributed by atoms with E-state index < -0.39 is 5.97 Å². The van der Waals surface area contributed by atoms with Gasteiger partial charge in [0.05, 0.1) is 0 Å². The highest BCUT2D eigenvalue weighted by Gasteiger charge is 2.05. The van der Waals surface area contributed by atoms with Gasteiger partial charge in [-0.2, -0.15) is 0 Å². The number of aryl methyl sites for hydroxylation is 2. The van der Waals surface area contributed by atoms with Gasteiger partial charge >= 0.3 is 5.97 Å². The number of aliphatic carboxylic acids is 1. The second-order valence-corrected chi connectivity index (χ2v) is 4.76. The molecule has 3 heteroatoms. The van der Waals surface area contributed by atoms with Crippen LogP contribution in [0.3, 0.4) is 0 Å². The summed E-state index contributed by atoms with van der Waals surface area (Å²) in [6.45, 7) is 3.72. The van der Waals surface area contributed by atoms with Crippen molar-refractivity contribution in [3.63, 3.8) is 0 Å². The van der Waals surface area contributed by atoms with Crippen LogP contribution in [0.4, 0.5) is 0 Å². The molecule has 0 unspecified atom stereocenters. The Kier molecular flexibility index (Phi) is 3.89. The van der Waals surface area contributed by atoms with Crippen molar-refractivity contribution in [2.24, 2.45) is 0 Å². The van der Waals surface area contributed by atoms with Crippen molar-refractivity contribution in [2.45, 2.75) is 13.8 Å². The average Bonchev–Trinajstić information content (AvgIpc) is 2.42. The van der Waals surface area contributed by atoms with Gasteiger partial charge in [-0.3, -0.25) is 0 Å². The summed E-state index contributed by atoms with van der Waals surface area (Å²) < 4.78 is 0. The molecule has 102 valence electrons. The van der Waals surface area contributed by atoms with Gasteiger partial charge in [0.1, 0.15) is 5.75 Å². The second-order valence-electron chi connectivity index (χ2n) is 4.76. The lowest BCUT2D eigenvalue weighted by Gasteiger charge is -2.08. The van der Waals surface area contributed by atoms with E-state index in [-0.39, 0.29) is 0 Å². The van der Waals surface area contributed by atoms with Gasteiger partial charge in [0.15, 0.2) is 0 Å². The number of rotatable bonds is 3. The summed E-state index contributed by atoms with van der Waals surface area (Å²) in [5, 5.41) is 18.5. The topological polar surface area (TPSA) is 57.5 Å². The van der Waals surface area contributed by atoms with E-state index in [2.05, 4.69) is 0 Å². The Morgan fingerprint density at radius 3 is 2.30 bits per heavy atom. The molecule has 0 saturated carbocycles. The molecule has 2 aromatic rings. The largest absolute Gasteiger partial charge is 0.507 e. The molecule has 0 heterocycles. The first-order valence-electron chi connectivity index (χ1n) is 6.29. The third-order valence-corrected chi connectivity index (χ3v) is 3.13. The Balaban J connectivity index is 2.43. The van der Waals surface area contributed by atoms with E-state index in [1.807, 2.05) is 50.2 Å². The normalized spacial score (nSPS) is 10.9. The molecule has 0 aliphatic heterocycles. The van der Waals surface area contributed by atoms with E-state index in [4.69, 9.17) is 5.11 Å². The lowest BCUT2D eigenvalue weighted by atomic mass is 9.98. The predicted molar refractivity (Wildman–Crippen MR) is 79.7 cm³/mol. The monoisotopic (exact) mass is 268 g/mol. The number of carbonyl (C=O) groups is 1. The minimum atomic E-state index is -0.966. The molecule has 0 aliphatic carbocycles. The number of phenolic OH excluding ortho intramolecular Hbond substituents is 1. The summed E-state index contributed by atoms with van der Waals surface area (Å²) in [6.07, 6.45) is 2.68. The highest BCUT2D eigenvalue weighted by molar-refractivity contribution is 5.85. The van der Waals surface area contributed by atoms with Gasteiger partial charge in [0.25, 0.3) is 0 Å². The molecule has 0 saturated heterocycles. The Morgan fingerprint density at radius 1 is 1.05 bits per heavy atom. The van der Waals surface area contributed by atoms with Gasteiger partial charge in [-0.1, -0.05) is 18.2 Å². The molecule has 20 heavy (non-hydrogen) atoms. The number of carboxylic acid groups (broad SMARTS) is 1. The molecular weight excluding hydrogens is 252 g/mol. The van der Waals surface area contributed by atoms with Crippen LogP contribution >= 0.6 is 0 Å². The molecule has 0 aliphatic rings. The molecule has 2 N–H and O–H groups in total. The van der Waals surface area contributed by atoms with E-state index >= 15 is 0 Å². The second kappa shape index (κ2) is 5.61. The van der Waals surface area contributed by atoms with Gasteiger partial charge in [-0.15, -0.1) is 0 Å². The number of hydrogen-bond donors (Lipinski definition) is 2. The smallest absolute Gasteiger partial charge is 0.328 e. The Labute approximate surface area is 117 Å². The summed E-state index contributed by atoms with van der Waals surface area (Å²) in [4.78, 5) is 10.5. The maximum Gasteiger partial charge on any atom is 0.328 e. The van der Waals surface area contributed by atoms with Crippen molar-refractivity contribution in [1.82, 2.24) is 0 Å². The van der Waals surface area contributed by atoms with Gasteiger partial charge in [0.2, 0.25) is 0 Å².